The third-order valence-electron chi connectivity index (χ3n) is 4.40. The fourth-order valence-corrected chi connectivity index (χ4v) is 3.20. The van der Waals surface area contributed by atoms with Gasteiger partial charge in [0.05, 0.1) is 18.4 Å². The number of anilines is 2. The van der Waals surface area contributed by atoms with Crippen LogP contribution >= 0.6 is 11.6 Å². The van der Waals surface area contributed by atoms with Gasteiger partial charge < -0.3 is 20.5 Å². The van der Waals surface area contributed by atoms with Crippen molar-refractivity contribution < 1.29 is 9.84 Å². The molecule has 0 unspecified atom stereocenters. The van der Waals surface area contributed by atoms with Gasteiger partial charge in [0.15, 0.2) is 0 Å². The zero-order chi connectivity index (χ0) is 18.0. The monoisotopic (exact) mass is 362 g/mol. The average molecular weight is 363 g/mol. The molecule has 1 heterocycles. The van der Waals surface area contributed by atoms with Crippen LogP contribution in [0.2, 0.25) is 5.02 Å². The first-order valence-electron chi connectivity index (χ1n) is 8.41. The summed E-state index contributed by atoms with van der Waals surface area (Å²) >= 11 is 6.14. The van der Waals surface area contributed by atoms with Gasteiger partial charge in [-0.15, -0.1) is 0 Å². The second-order valence-electron chi connectivity index (χ2n) is 6.37. The Bertz CT molecular complexity index is 750. The summed E-state index contributed by atoms with van der Waals surface area (Å²) in [7, 11) is 1.94. The van der Waals surface area contributed by atoms with Crippen molar-refractivity contribution in [3.63, 3.8) is 0 Å². The Labute approximate surface area is 152 Å². The van der Waals surface area contributed by atoms with E-state index in [-0.39, 0.29) is 18.0 Å². The lowest BCUT2D eigenvalue weighted by molar-refractivity contribution is 0.0732. The van der Waals surface area contributed by atoms with Crippen LogP contribution in [0.3, 0.4) is 0 Å². The van der Waals surface area contributed by atoms with Crippen LogP contribution in [-0.4, -0.2) is 34.8 Å². The van der Waals surface area contributed by atoms with Crippen LogP contribution in [0.15, 0.2) is 24.3 Å². The van der Waals surface area contributed by atoms with Crippen molar-refractivity contribution in [3.05, 3.63) is 40.5 Å². The number of rotatable bonds is 6. The molecule has 2 aromatic rings. The minimum Gasteiger partial charge on any atom is -0.494 e. The van der Waals surface area contributed by atoms with Crippen molar-refractivity contribution in [2.45, 2.75) is 38.3 Å². The van der Waals surface area contributed by atoms with Crippen LogP contribution < -0.4 is 15.4 Å². The van der Waals surface area contributed by atoms with Crippen molar-refractivity contribution in [2.75, 3.05) is 24.3 Å². The number of hydrogen-bond donors (Lipinski definition) is 2. The Balaban J connectivity index is 1.81. The van der Waals surface area contributed by atoms with E-state index in [1.165, 1.54) is 0 Å². The Morgan fingerprint density at radius 3 is 2.76 bits per heavy atom. The second-order valence-corrected chi connectivity index (χ2v) is 6.81. The molecular weight excluding hydrogens is 340 g/mol. The first kappa shape index (κ1) is 17.8. The van der Waals surface area contributed by atoms with Crippen molar-refractivity contribution in [2.24, 2.45) is 0 Å². The number of ether oxygens (including phenoxy) is 1. The molecule has 25 heavy (non-hydrogen) atoms. The molecule has 0 atom stereocenters. The van der Waals surface area contributed by atoms with Crippen LogP contribution in [0.4, 0.5) is 11.8 Å². The third-order valence-corrected chi connectivity index (χ3v) is 4.64. The van der Waals surface area contributed by atoms with Gasteiger partial charge in [0.1, 0.15) is 11.6 Å². The summed E-state index contributed by atoms with van der Waals surface area (Å²) in [5, 5.41) is 10.2. The summed E-state index contributed by atoms with van der Waals surface area (Å²) in [6.07, 6.45) is 1.22. The molecule has 1 saturated carbocycles. The maximum Gasteiger partial charge on any atom is 0.222 e. The minimum atomic E-state index is -0.234. The zero-order valence-corrected chi connectivity index (χ0v) is 15.2. The van der Waals surface area contributed by atoms with Gasteiger partial charge in [-0.2, -0.15) is 4.98 Å². The number of halogens is 1. The largest absolute Gasteiger partial charge is 0.494 e. The van der Waals surface area contributed by atoms with Crippen LogP contribution in [0.1, 0.15) is 36.9 Å². The van der Waals surface area contributed by atoms with E-state index in [4.69, 9.17) is 22.1 Å². The van der Waals surface area contributed by atoms with Crippen molar-refractivity contribution in [1.82, 2.24) is 9.97 Å². The first-order valence-corrected chi connectivity index (χ1v) is 8.79. The zero-order valence-electron chi connectivity index (χ0n) is 14.4. The molecule has 0 spiro atoms. The molecule has 1 aliphatic carbocycles. The molecule has 1 fully saturated rings. The minimum absolute atomic E-state index is 0.234. The fourth-order valence-electron chi connectivity index (χ4n) is 3.01. The van der Waals surface area contributed by atoms with Gasteiger partial charge in [-0.05, 0) is 38.0 Å². The number of nitrogen functional groups attached to an aromatic ring is 1. The Hall–Kier alpha value is -2.05. The highest BCUT2D eigenvalue weighted by Gasteiger charge is 2.30. The molecule has 134 valence electrons. The molecular formula is C18H23ClN4O2. The summed E-state index contributed by atoms with van der Waals surface area (Å²) in [5.41, 5.74) is 7.75. The lowest BCUT2D eigenvalue weighted by atomic mass is 9.80. The number of hydrogen-bond acceptors (Lipinski definition) is 6. The molecule has 0 aliphatic heterocycles. The van der Waals surface area contributed by atoms with Crippen LogP contribution in [0, 0.1) is 0 Å². The van der Waals surface area contributed by atoms with E-state index < -0.39 is 0 Å². The van der Waals surface area contributed by atoms with Gasteiger partial charge in [-0.1, -0.05) is 11.6 Å². The molecule has 6 nitrogen and oxygen atoms in total. The van der Waals surface area contributed by atoms with Gasteiger partial charge in [0.25, 0.3) is 0 Å². The number of aliphatic hydroxyl groups excluding tert-OH is 1. The highest BCUT2D eigenvalue weighted by Crippen LogP contribution is 2.37. The molecule has 1 aromatic heterocycles. The maximum atomic E-state index is 9.52. The van der Waals surface area contributed by atoms with Crippen molar-refractivity contribution in [1.29, 1.82) is 0 Å². The van der Waals surface area contributed by atoms with Gasteiger partial charge in [0, 0.05) is 36.2 Å². The van der Waals surface area contributed by atoms with E-state index >= 15 is 0 Å². The maximum absolute atomic E-state index is 9.52. The lowest BCUT2D eigenvalue weighted by Crippen LogP contribution is -2.28. The smallest absolute Gasteiger partial charge is 0.222 e. The molecule has 3 N–H and O–H groups in total. The summed E-state index contributed by atoms with van der Waals surface area (Å²) in [6, 6.07) is 7.54. The van der Waals surface area contributed by atoms with Gasteiger partial charge in [0.2, 0.25) is 5.95 Å². The molecule has 0 saturated heterocycles. The van der Waals surface area contributed by atoms with Crippen molar-refractivity contribution in [3.8, 4) is 5.75 Å². The standard InChI is InChI=1S/C18H23ClN4O2/c1-3-25-16-5-4-13(19)6-12(16)10-23(2)17-9-15(21-18(20)22-17)11-7-14(24)8-11/h4-6,9,11,14,24H,3,7-8,10H2,1-2H3,(H2,20,21,22). The normalized spacial score (nSPS) is 19.4. The lowest BCUT2D eigenvalue weighted by Gasteiger charge is -2.31. The number of aliphatic hydroxyl groups is 1. The molecule has 1 aliphatic rings. The van der Waals surface area contributed by atoms with Gasteiger partial charge in [-0.3, -0.25) is 0 Å². The van der Waals surface area contributed by atoms with Crippen LogP contribution in [0.25, 0.3) is 0 Å². The SMILES string of the molecule is CCOc1ccc(Cl)cc1CN(C)c1cc(C2CC(O)C2)nc(N)n1. The second kappa shape index (κ2) is 7.45. The fraction of sp³-hybridized carbons (Fsp3) is 0.444. The highest BCUT2D eigenvalue weighted by atomic mass is 35.5. The van der Waals surface area contributed by atoms with E-state index in [1.807, 2.05) is 43.1 Å². The molecule has 7 heteroatoms. The van der Waals surface area contributed by atoms with E-state index in [0.29, 0.717) is 18.2 Å². The van der Waals surface area contributed by atoms with E-state index in [9.17, 15) is 5.11 Å². The number of aromatic nitrogens is 2. The van der Waals surface area contributed by atoms with Crippen LogP contribution in [0.5, 0.6) is 5.75 Å². The quantitative estimate of drug-likeness (QED) is 0.821. The average Bonchev–Trinajstić information content (AvgIpc) is 2.54. The topological polar surface area (TPSA) is 84.5 Å². The molecule has 3 rings (SSSR count). The van der Waals surface area contributed by atoms with Crippen molar-refractivity contribution >= 4 is 23.4 Å². The highest BCUT2D eigenvalue weighted by molar-refractivity contribution is 6.30. The molecule has 0 bridgehead atoms. The van der Waals surface area contributed by atoms with Gasteiger partial charge in [-0.25, -0.2) is 4.98 Å². The summed E-state index contributed by atoms with van der Waals surface area (Å²) in [5.74, 6) is 2.05. The van der Waals surface area contributed by atoms with E-state index in [2.05, 4.69) is 9.97 Å². The molecule has 1 aromatic carbocycles. The molecule has 0 amide bonds. The van der Waals surface area contributed by atoms with Gasteiger partial charge >= 0.3 is 0 Å². The summed E-state index contributed by atoms with van der Waals surface area (Å²) in [4.78, 5) is 10.7. The number of benzene rings is 1. The Morgan fingerprint density at radius 1 is 1.32 bits per heavy atom. The van der Waals surface area contributed by atoms with E-state index in [1.54, 1.807) is 0 Å². The van der Waals surface area contributed by atoms with Crippen LogP contribution in [-0.2, 0) is 6.54 Å². The summed E-state index contributed by atoms with van der Waals surface area (Å²) in [6.45, 7) is 3.12. The predicted octanol–water partition coefficient (Wildman–Crippen LogP) is 2.99. The number of nitrogens with two attached hydrogens (primary N) is 1. The number of nitrogens with zero attached hydrogens (tertiary/aromatic N) is 3. The Kier molecular flexibility index (Phi) is 5.30. The Morgan fingerprint density at radius 2 is 2.08 bits per heavy atom. The third kappa shape index (κ3) is 4.14. The summed E-state index contributed by atoms with van der Waals surface area (Å²) < 4.78 is 5.68. The van der Waals surface area contributed by atoms with E-state index in [0.717, 1.165) is 35.7 Å². The predicted molar refractivity (Wildman–Crippen MR) is 99.2 cm³/mol. The molecule has 0 radical (unpaired) electrons. The first-order chi connectivity index (χ1) is 12.0.